The topological polar surface area (TPSA) is 56.3 Å². The lowest BCUT2D eigenvalue weighted by molar-refractivity contribution is -0.158. The molecule has 15 heavy (non-hydrogen) atoms. The van der Waals surface area contributed by atoms with Crippen molar-refractivity contribution < 1.29 is 14.3 Å². The Kier molecular flexibility index (Phi) is 2.81. The highest BCUT2D eigenvalue weighted by atomic mass is 79.9. The Morgan fingerprint density at radius 1 is 1.40 bits per heavy atom. The fourth-order valence-electron chi connectivity index (χ4n) is 1.42. The number of hydrogen-bond donors (Lipinski definition) is 0. The maximum Gasteiger partial charge on any atom is 0.313 e. The Morgan fingerprint density at radius 3 is 2.80 bits per heavy atom. The van der Waals surface area contributed by atoms with Gasteiger partial charge in [-0.1, -0.05) is 0 Å². The van der Waals surface area contributed by atoms with E-state index >= 15 is 0 Å². The second kappa shape index (κ2) is 4.10. The molecule has 1 unspecified atom stereocenters. The number of pyridine rings is 1. The summed E-state index contributed by atoms with van der Waals surface area (Å²) in [4.78, 5) is 26.3. The third-order valence-electron chi connectivity index (χ3n) is 2.11. The molecule has 4 nitrogen and oxygen atoms in total. The van der Waals surface area contributed by atoms with E-state index in [9.17, 15) is 9.59 Å². The number of ketones is 1. The summed E-state index contributed by atoms with van der Waals surface area (Å²) in [7, 11) is 0. The smallest absolute Gasteiger partial charge is 0.313 e. The van der Waals surface area contributed by atoms with Crippen LogP contribution in [0.1, 0.15) is 24.6 Å². The van der Waals surface area contributed by atoms with Gasteiger partial charge in [0.05, 0.1) is 5.69 Å². The van der Waals surface area contributed by atoms with Gasteiger partial charge in [0.25, 0.3) is 0 Å². The Labute approximate surface area is 94.8 Å². The Morgan fingerprint density at radius 2 is 2.20 bits per heavy atom. The fraction of sp³-hybridized carbons (Fsp3) is 0.300. The summed E-state index contributed by atoms with van der Waals surface area (Å²) in [6, 6.07) is 3.54. The molecule has 78 valence electrons. The Hall–Kier alpha value is -1.23. The number of nitrogens with zero attached hydrogens (tertiary/aromatic N) is 1. The van der Waals surface area contributed by atoms with Crippen LogP contribution >= 0.6 is 15.9 Å². The van der Waals surface area contributed by atoms with Gasteiger partial charge in [-0.15, -0.1) is 0 Å². The SMILES string of the molecule is O=C1CC(=O)OC(c2ccc(Br)cn2)C1. The number of esters is 1. The highest BCUT2D eigenvalue weighted by molar-refractivity contribution is 9.10. The van der Waals surface area contributed by atoms with Crippen LogP contribution in [0.3, 0.4) is 0 Å². The van der Waals surface area contributed by atoms with Gasteiger partial charge in [-0.05, 0) is 28.1 Å². The molecule has 2 rings (SSSR count). The lowest BCUT2D eigenvalue weighted by atomic mass is 10.0. The van der Waals surface area contributed by atoms with Crippen molar-refractivity contribution in [3.8, 4) is 0 Å². The van der Waals surface area contributed by atoms with E-state index in [2.05, 4.69) is 20.9 Å². The van der Waals surface area contributed by atoms with E-state index < -0.39 is 12.1 Å². The standard InChI is InChI=1S/C10H8BrNO3/c11-6-1-2-8(12-5-6)9-3-7(13)4-10(14)15-9/h1-2,5,9H,3-4H2. The normalized spacial score (nSPS) is 21.3. The van der Waals surface area contributed by atoms with Crippen LogP contribution in [-0.2, 0) is 14.3 Å². The number of carbonyl (C=O) groups excluding carboxylic acids is 2. The molecule has 0 aromatic carbocycles. The minimum atomic E-state index is -0.521. The summed E-state index contributed by atoms with van der Waals surface area (Å²) in [6.07, 6.45) is 1.20. The highest BCUT2D eigenvalue weighted by Crippen LogP contribution is 2.25. The third-order valence-corrected chi connectivity index (χ3v) is 2.58. The van der Waals surface area contributed by atoms with Gasteiger partial charge < -0.3 is 4.74 Å². The van der Waals surface area contributed by atoms with Crippen molar-refractivity contribution in [1.82, 2.24) is 4.98 Å². The van der Waals surface area contributed by atoms with Gasteiger partial charge in [-0.2, -0.15) is 0 Å². The first-order valence-electron chi connectivity index (χ1n) is 4.48. The van der Waals surface area contributed by atoms with Gasteiger partial charge >= 0.3 is 5.97 Å². The Balaban J connectivity index is 2.19. The lowest BCUT2D eigenvalue weighted by Gasteiger charge is -2.20. The molecule has 1 atom stereocenters. The molecule has 0 amide bonds. The molecule has 1 aromatic rings. The van der Waals surface area contributed by atoms with Gasteiger partial charge in [0.2, 0.25) is 0 Å². The molecular formula is C10H8BrNO3. The highest BCUT2D eigenvalue weighted by Gasteiger charge is 2.28. The minimum Gasteiger partial charge on any atom is -0.455 e. The zero-order chi connectivity index (χ0) is 10.8. The van der Waals surface area contributed by atoms with Crippen molar-refractivity contribution in [3.05, 3.63) is 28.5 Å². The number of hydrogen-bond acceptors (Lipinski definition) is 4. The van der Waals surface area contributed by atoms with E-state index in [1.165, 1.54) is 0 Å². The van der Waals surface area contributed by atoms with Crippen molar-refractivity contribution in [2.24, 2.45) is 0 Å². The van der Waals surface area contributed by atoms with Crippen LogP contribution in [-0.4, -0.2) is 16.7 Å². The predicted octanol–water partition coefficient (Wildman–Crippen LogP) is 1.79. The molecule has 1 aliphatic heterocycles. The van der Waals surface area contributed by atoms with Gasteiger partial charge in [-0.3, -0.25) is 14.6 Å². The van der Waals surface area contributed by atoms with Crippen molar-refractivity contribution in [2.75, 3.05) is 0 Å². The average molecular weight is 270 g/mol. The second-order valence-electron chi connectivity index (χ2n) is 3.30. The number of Topliss-reactive ketones (excluding diaryl/α,β-unsaturated/α-hetero) is 1. The molecule has 1 aromatic heterocycles. The third kappa shape index (κ3) is 2.41. The summed E-state index contributed by atoms with van der Waals surface area (Å²) < 4.78 is 5.89. The van der Waals surface area contributed by atoms with E-state index in [1.807, 2.05) is 0 Å². The molecular weight excluding hydrogens is 262 g/mol. The molecule has 0 spiro atoms. The summed E-state index contributed by atoms with van der Waals surface area (Å²) in [5.74, 6) is -0.568. The molecule has 1 fully saturated rings. The molecule has 0 N–H and O–H groups in total. The second-order valence-corrected chi connectivity index (χ2v) is 4.22. The van der Waals surface area contributed by atoms with Crippen LogP contribution < -0.4 is 0 Å². The van der Waals surface area contributed by atoms with Crippen LogP contribution in [0.15, 0.2) is 22.8 Å². The van der Waals surface area contributed by atoms with Crippen LogP contribution in [0.25, 0.3) is 0 Å². The minimum absolute atomic E-state index is 0.0963. The van der Waals surface area contributed by atoms with E-state index in [1.54, 1.807) is 18.3 Å². The maximum absolute atomic E-state index is 11.2. The first kappa shape index (κ1) is 10.3. The van der Waals surface area contributed by atoms with E-state index in [0.29, 0.717) is 5.69 Å². The number of carbonyl (C=O) groups is 2. The lowest BCUT2D eigenvalue weighted by Crippen LogP contribution is -2.24. The van der Waals surface area contributed by atoms with Crippen molar-refractivity contribution in [1.29, 1.82) is 0 Å². The largest absolute Gasteiger partial charge is 0.455 e. The van der Waals surface area contributed by atoms with Crippen LogP contribution in [0.4, 0.5) is 0 Å². The number of ether oxygens (including phenoxy) is 1. The predicted molar refractivity (Wildman–Crippen MR) is 55.0 cm³/mol. The molecule has 2 heterocycles. The van der Waals surface area contributed by atoms with Crippen molar-refractivity contribution >= 4 is 27.7 Å². The Bertz CT molecular complexity index is 386. The van der Waals surface area contributed by atoms with Gasteiger partial charge in [0, 0.05) is 17.1 Å². The van der Waals surface area contributed by atoms with Gasteiger partial charge in [0.15, 0.2) is 6.10 Å². The average Bonchev–Trinajstić information content (AvgIpc) is 2.17. The summed E-state index contributed by atoms with van der Waals surface area (Å²) in [6.45, 7) is 0. The molecule has 1 aliphatic rings. The van der Waals surface area contributed by atoms with E-state index in [0.717, 1.165) is 4.47 Å². The summed E-state index contributed by atoms with van der Waals surface area (Å²) in [5.41, 5.74) is 0.611. The number of rotatable bonds is 1. The van der Waals surface area contributed by atoms with Crippen LogP contribution in [0.5, 0.6) is 0 Å². The number of aromatic nitrogens is 1. The maximum atomic E-state index is 11.2. The first-order valence-corrected chi connectivity index (χ1v) is 5.27. The quantitative estimate of drug-likeness (QED) is 0.576. The van der Waals surface area contributed by atoms with E-state index in [4.69, 9.17) is 4.74 Å². The first-order chi connectivity index (χ1) is 7.15. The molecule has 0 radical (unpaired) electrons. The zero-order valence-electron chi connectivity index (χ0n) is 7.77. The van der Waals surface area contributed by atoms with Crippen LogP contribution in [0, 0.1) is 0 Å². The summed E-state index contributed by atoms with van der Waals surface area (Å²) in [5, 5.41) is 0. The molecule has 1 saturated heterocycles. The van der Waals surface area contributed by atoms with Crippen molar-refractivity contribution in [2.45, 2.75) is 18.9 Å². The number of cyclic esters (lactones) is 1. The fourth-order valence-corrected chi connectivity index (χ4v) is 1.66. The molecule has 0 bridgehead atoms. The molecule has 0 saturated carbocycles. The number of halogens is 1. The molecule has 5 heteroatoms. The zero-order valence-corrected chi connectivity index (χ0v) is 9.36. The van der Waals surface area contributed by atoms with E-state index in [-0.39, 0.29) is 18.6 Å². The monoisotopic (exact) mass is 269 g/mol. The van der Waals surface area contributed by atoms with Gasteiger partial charge in [-0.25, -0.2) is 0 Å². The van der Waals surface area contributed by atoms with Crippen LogP contribution in [0.2, 0.25) is 0 Å². The van der Waals surface area contributed by atoms with Gasteiger partial charge in [0.1, 0.15) is 12.2 Å². The molecule has 0 aliphatic carbocycles. The summed E-state index contributed by atoms with van der Waals surface area (Å²) >= 11 is 3.26. The van der Waals surface area contributed by atoms with Crippen molar-refractivity contribution in [3.63, 3.8) is 0 Å².